The van der Waals surface area contributed by atoms with Gasteiger partial charge in [-0.15, -0.1) is 0 Å². The van der Waals surface area contributed by atoms with E-state index >= 15 is 0 Å². The maximum atomic E-state index is 7.39. The summed E-state index contributed by atoms with van der Waals surface area (Å²) < 4.78 is 5.14. The lowest BCUT2D eigenvalue weighted by Crippen LogP contribution is -2.13. The number of pyridine rings is 1. The van der Waals surface area contributed by atoms with E-state index in [0.717, 1.165) is 22.2 Å². The van der Waals surface area contributed by atoms with Gasteiger partial charge in [0.1, 0.15) is 17.3 Å². The molecule has 0 spiro atoms. The molecule has 4 heteroatoms. The van der Waals surface area contributed by atoms with Gasteiger partial charge in [-0.2, -0.15) is 0 Å². The summed E-state index contributed by atoms with van der Waals surface area (Å²) in [5.41, 5.74) is 7.78. The molecule has 2 aromatic rings. The summed E-state index contributed by atoms with van der Waals surface area (Å²) in [6, 6.07) is 7.51. The third-order valence-electron chi connectivity index (χ3n) is 2.50. The summed E-state index contributed by atoms with van der Waals surface area (Å²) in [4.78, 5) is 4.31. The number of amidine groups is 1. The summed E-state index contributed by atoms with van der Waals surface area (Å²) >= 11 is 0. The molecule has 4 nitrogen and oxygen atoms in total. The first-order chi connectivity index (χ1) is 7.61. The predicted octanol–water partition coefficient (Wildman–Crippen LogP) is 1.84. The molecular weight excluding hydrogens is 202 g/mol. The van der Waals surface area contributed by atoms with E-state index < -0.39 is 0 Å². The lowest BCUT2D eigenvalue weighted by Gasteiger charge is -2.06. The lowest BCUT2D eigenvalue weighted by atomic mass is 10.1. The molecule has 3 N–H and O–H groups in total. The molecule has 0 unspecified atom stereocenters. The van der Waals surface area contributed by atoms with Crippen LogP contribution in [0.3, 0.4) is 0 Å². The Morgan fingerprint density at radius 3 is 2.75 bits per heavy atom. The van der Waals surface area contributed by atoms with Gasteiger partial charge in [0, 0.05) is 11.5 Å². The molecule has 82 valence electrons. The zero-order chi connectivity index (χ0) is 11.7. The number of rotatable bonds is 2. The lowest BCUT2D eigenvalue weighted by molar-refractivity contribution is 0.415. The molecule has 0 saturated heterocycles. The fourth-order valence-corrected chi connectivity index (χ4v) is 1.65. The molecule has 0 amide bonds. The Balaban J connectivity index is 2.72. The van der Waals surface area contributed by atoms with Gasteiger partial charge in [0.2, 0.25) is 0 Å². The van der Waals surface area contributed by atoms with Crippen molar-refractivity contribution in [3.8, 4) is 5.75 Å². The SMILES string of the molecule is COc1ccc2c(C)cc(C(=N)N)nc2c1. The average Bonchev–Trinajstić information content (AvgIpc) is 2.28. The third-order valence-corrected chi connectivity index (χ3v) is 2.50. The Hall–Kier alpha value is -2.10. The molecule has 0 aliphatic rings. The highest BCUT2D eigenvalue weighted by Crippen LogP contribution is 2.22. The van der Waals surface area contributed by atoms with Crippen LogP contribution < -0.4 is 10.5 Å². The Kier molecular flexibility index (Phi) is 2.48. The number of fused-ring (bicyclic) bond motifs is 1. The van der Waals surface area contributed by atoms with Crippen molar-refractivity contribution in [1.82, 2.24) is 4.98 Å². The number of hydrogen-bond acceptors (Lipinski definition) is 3. The van der Waals surface area contributed by atoms with Crippen LogP contribution in [0.15, 0.2) is 24.3 Å². The second-order valence-electron chi connectivity index (χ2n) is 3.62. The molecule has 2 rings (SSSR count). The molecule has 16 heavy (non-hydrogen) atoms. The third kappa shape index (κ3) is 1.69. The highest BCUT2D eigenvalue weighted by Gasteiger charge is 2.05. The van der Waals surface area contributed by atoms with Gasteiger partial charge < -0.3 is 10.5 Å². The van der Waals surface area contributed by atoms with Crippen molar-refractivity contribution in [3.05, 3.63) is 35.5 Å². The normalized spacial score (nSPS) is 10.4. The van der Waals surface area contributed by atoms with E-state index in [1.807, 2.05) is 31.2 Å². The number of nitrogens with two attached hydrogens (primary N) is 1. The summed E-state index contributed by atoms with van der Waals surface area (Å²) in [7, 11) is 1.61. The zero-order valence-electron chi connectivity index (χ0n) is 9.24. The summed E-state index contributed by atoms with van der Waals surface area (Å²) in [5, 5.41) is 8.44. The first-order valence-electron chi connectivity index (χ1n) is 4.91. The van der Waals surface area contributed by atoms with E-state index in [1.165, 1.54) is 0 Å². The van der Waals surface area contributed by atoms with E-state index in [0.29, 0.717) is 5.69 Å². The molecule has 1 heterocycles. The number of methoxy groups -OCH3 is 1. The fraction of sp³-hybridized carbons (Fsp3) is 0.167. The van der Waals surface area contributed by atoms with Gasteiger partial charge >= 0.3 is 0 Å². The van der Waals surface area contributed by atoms with Gasteiger partial charge in [-0.3, -0.25) is 5.41 Å². The maximum absolute atomic E-state index is 7.39. The molecule has 0 bridgehead atoms. The van der Waals surface area contributed by atoms with Crippen molar-refractivity contribution in [2.24, 2.45) is 5.73 Å². The van der Waals surface area contributed by atoms with Crippen LogP contribution in [0.25, 0.3) is 10.9 Å². The predicted molar refractivity (Wildman–Crippen MR) is 64.0 cm³/mol. The monoisotopic (exact) mass is 215 g/mol. The second-order valence-corrected chi connectivity index (χ2v) is 3.62. The Morgan fingerprint density at radius 2 is 2.12 bits per heavy atom. The van der Waals surface area contributed by atoms with Crippen LogP contribution >= 0.6 is 0 Å². The number of ether oxygens (including phenoxy) is 1. The van der Waals surface area contributed by atoms with Gasteiger partial charge in [-0.25, -0.2) is 4.98 Å². The van der Waals surface area contributed by atoms with Gasteiger partial charge in [0.15, 0.2) is 0 Å². The van der Waals surface area contributed by atoms with Crippen molar-refractivity contribution < 1.29 is 4.74 Å². The highest BCUT2D eigenvalue weighted by molar-refractivity contribution is 5.96. The Bertz CT molecular complexity index is 563. The molecule has 0 fully saturated rings. The quantitative estimate of drug-likeness (QED) is 0.593. The van der Waals surface area contributed by atoms with Crippen LogP contribution in [-0.2, 0) is 0 Å². The van der Waals surface area contributed by atoms with Crippen molar-refractivity contribution in [2.75, 3.05) is 7.11 Å². The first kappa shape index (κ1) is 10.4. The van der Waals surface area contributed by atoms with Gasteiger partial charge in [0.05, 0.1) is 12.6 Å². The van der Waals surface area contributed by atoms with Gasteiger partial charge in [-0.1, -0.05) is 0 Å². The number of aromatic nitrogens is 1. The van der Waals surface area contributed by atoms with Crippen LogP contribution in [-0.4, -0.2) is 17.9 Å². The molecule has 1 aromatic heterocycles. The Morgan fingerprint density at radius 1 is 1.38 bits per heavy atom. The van der Waals surface area contributed by atoms with Crippen molar-refractivity contribution in [3.63, 3.8) is 0 Å². The average molecular weight is 215 g/mol. The number of benzene rings is 1. The van der Waals surface area contributed by atoms with E-state index in [9.17, 15) is 0 Å². The number of hydrogen-bond donors (Lipinski definition) is 2. The number of aryl methyl sites for hydroxylation is 1. The summed E-state index contributed by atoms with van der Waals surface area (Å²) in [5.74, 6) is 0.730. The molecule has 0 atom stereocenters. The largest absolute Gasteiger partial charge is 0.497 e. The van der Waals surface area contributed by atoms with Crippen LogP contribution in [0.1, 0.15) is 11.3 Å². The van der Waals surface area contributed by atoms with Crippen molar-refractivity contribution in [2.45, 2.75) is 6.92 Å². The topological polar surface area (TPSA) is 72.0 Å². The molecule has 0 aliphatic carbocycles. The summed E-state index contributed by atoms with van der Waals surface area (Å²) in [6.07, 6.45) is 0. The van der Waals surface area contributed by atoms with Crippen LogP contribution in [0.4, 0.5) is 0 Å². The number of nitrogen functional groups attached to an aromatic ring is 1. The van der Waals surface area contributed by atoms with Crippen molar-refractivity contribution in [1.29, 1.82) is 5.41 Å². The highest BCUT2D eigenvalue weighted by atomic mass is 16.5. The number of nitrogens with one attached hydrogen (secondary N) is 1. The minimum Gasteiger partial charge on any atom is -0.497 e. The van der Waals surface area contributed by atoms with Gasteiger partial charge in [0.25, 0.3) is 0 Å². The molecule has 0 saturated carbocycles. The second kappa shape index (κ2) is 3.81. The standard InChI is InChI=1S/C12H13N3O/c1-7-5-11(12(13)14)15-10-6-8(16-2)3-4-9(7)10/h3-6H,1-2H3,(H3,13,14). The van der Waals surface area contributed by atoms with Crippen LogP contribution in [0, 0.1) is 12.3 Å². The Labute approximate surface area is 93.6 Å². The number of nitrogens with zero attached hydrogens (tertiary/aromatic N) is 1. The molecule has 1 aromatic carbocycles. The van der Waals surface area contributed by atoms with Crippen LogP contribution in [0.5, 0.6) is 5.75 Å². The van der Waals surface area contributed by atoms with Crippen molar-refractivity contribution >= 4 is 16.7 Å². The van der Waals surface area contributed by atoms with Crippen LogP contribution in [0.2, 0.25) is 0 Å². The van der Waals surface area contributed by atoms with Gasteiger partial charge in [-0.05, 0) is 30.7 Å². The zero-order valence-corrected chi connectivity index (χ0v) is 9.24. The molecule has 0 radical (unpaired) electrons. The fourth-order valence-electron chi connectivity index (χ4n) is 1.65. The first-order valence-corrected chi connectivity index (χ1v) is 4.91. The van der Waals surface area contributed by atoms with E-state index in [-0.39, 0.29) is 5.84 Å². The summed E-state index contributed by atoms with van der Waals surface area (Å²) in [6.45, 7) is 1.98. The molecular formula is C12H13N3O. The van der Waals surface area contributed by atoms with E-state index in [4.69, 9.17) is 15.9 Å². The smallest absolute Gasteiger partial charge is 0.141 e. The minimum absolute atomic E-state index is 0.0205. The molecule has 0 aliphatic heterocycles. The maximum Gasteiger partial charge on any atom is 0.141 e. The minimum atomic E-state index is -0.0205. The van der Waals surface area contributed by atoms with E-state index in [1.54, 1.807) is 7.11 Å². The van der Waals surface area contributed by atoms with E-state index in [2.05, 4.69) is 4.98 Å².